The number of rotatable bonds is 3. The van der Waals surface area contributed by atoms with Crippen molar-refractivity contribution in [1.29, 1.82) is 0 Å². The van der Waals surface area contributed by atoms with E-state index in [2.05, 4.69) is 10.3 Å². The molecule has 1 unspecified atom stereocenters. The Morgan fingerprint density at radius 2 is 2.53 bits per heavy atom. The van der Waals surface area contributed by atoms with E-state index in [1.807, 2.05) is 22.6 Å². The molecular weight excluding hydrogens is 335 g/mol. The van der Waals surface area contributed by atoms with Crippen LogP contribution in [0.1, 0.15) is 23.2 Å². The van der Waals surface area contributed by atoms with Crippen LogP contribution in [-0.2, 0) is 4.74 Å². The Kier molecular flexibility index (Phi) is 4.16. The molecule has 0 aliphatic carbocycles. The molecule has 0 bridgehead atoms. The number of aromatic nitrogens is 1. The second-order valence-electron chi connectivity index (χ2n) is 3.88. The topological polar surface area (TPSA) is 71.5 Å². The number of amides is 1. The molecule has 1 saturated heterocycles. The molecule has 1 amide bonds. The lowest BCUT2D eigenvalue weighted by Gasteiger charge is -2.10. The number of pyridine rings is 1. The highest BCUT2D eigenvalue weighted by atomic mass is 127. The van der Waals surface area contributed by atoms with Gasteiger partial charge in [0, 0.05) is 19.3 Å². The summed E-state index contributed by atoms with van der Waals surface area (Å²) in [5, 5.41) is 12.2. The van der Waals surface area contributed by atoms with Crippen LogP contribution in [0.4, 0.5) is 0 Å². The third kappa shape index (κ3) is 3.29. The zero-order valence-corrected chi connectivity index (χ0v) is 11.3. The minimum absolute atomic E-state index is 0.0235. The quantitative estimate of drug-likeness (QED) is 0.638. The van der Waals surface area contributed by atoms with Crippen molar-refractivity contribution in [1.82, 2.24) is 10.3 Å². The van der Waals surface area contributed by atoms with Gasteiger partial charge in [-0.25, -0.2) is 4.98 Å². The lowest BCUT2D eigenvalue weighted by molar-refractivity contribution is 0.0857. The first-order valence-electron chi connectivity index (χ1n) is 5.41. The minimum Gasteiger partial charge on any atom is -0.505 e. The Morgan fingerprint density at radius 1 is 1.71 bits per heavy atom. The van der Waals surface area contributed by atoms with Crippen LogP contribution in [0.5, 0.6) is 5.75 Å². The van der Waals surface area contributed by atoms with E-state index in [0.717, 1.165) is 19.4 Å². The summed E-state index contributed by atoms with van der Waals surface area (Å²) in [5.41, 5.74) is 0.362. The summed E-state index contributed by atoms with van der Waals surface area (Å²) in [6.45, 7) is 1.28. The van der Waals surface area contributed by atoms with Gasteiger partial charge in [-0.1, -0.05) is 0 Å². The van der Waals surface area contributed by atoms with Gasteiger partial charge in [-0.15, -0.1) is 0 Å². The maximum Gasteiger partial charge on any atom is 0.253 e. The maximum absolute atomic E-state index is 11.7. The molecular formula is C11H13IN2O3. The van der Waals surface area contributed by atoms with Gasteiger partial charge in [0.25, 0.3) is 5.91 Å². The number of halogens is 1. The summed E-state index contributed by atoms with van der Waals surface area (Å²) in [7, 11) is 0. The highest BCUT2D eigenvalue weighted by molar-refractivity contribution is 14.1. The molecule has 2 N–H and O–H groups in total. The van der Waals surface area contributed by atoms with Crippen molar-refractivity contribution in [2.45, 2.75) is 18.9 Å². The molecule has 2 heterocycles. The summed E-state index contributed by atoms with van der Waals surface area (Å²) in [6, 6.07) is 1.42. The van der Waals surface area contributed by atoms with Crippen LogP contribution in [0.15, 0.2) is 12.3 Å². The van der Waals surface area contributed by atoms with Crippen molar-refractivity contribution >= 4 is 28.5 Å². The van der Waals surface area contributed by atoms with Crippen LogP contribution < -0.4 is 5.32 Å². The number of hydrogen-bond acceptors (Lipinski definition) is 4. The van der Waals surface area contributed by atoms with E-state index < -0.39 is 0 Å². The number of hydrogen-bond donors (Lipinski definition) is 2. The van der Waals surface area contributed by atoms with Gasteiger partial charge in [0.1, 0.15) is 9.45 Å². The number of nitrogens with zero attached hydrogens (tertiary/aromatic N) is 1. The van der Waals surface area contributed by atoms with Crippen LogP contribution in [-0.4, -0.2) is 35.3 Å². The van der Waals surface area contributed by atoms with Gasteiger partial charge in [0.2, 0.25) is 0 Å². The second kappa shape index (κ2) is 5.63. The fourth-order valence-corrected chi connectivity index (χ4v) is 1.97. The molecule has 2 rings (SSSR count). The Labute approximate surface area is 113 Å². The van der Waals surface area contributed by atoms with Crippen molar-refractivity contribution in [2.24, 2.45) is 0 Å². The standard InChI is InChI=1S/C11H13IN2O3/c12-10-9(15)4-7(5-13-10)11(16)14-6-8-2-1-3-17-8/h4-5,8,15H,1-3,6H2,(H,14,16). The molecule has 0 radical (unpaired) electrons. The van der Waals surface area contributed by atoms with Crippen LogP contribution in [0.25, 0.3) is 0 Å². The predicted octanol–water partition coefficient (Wildman–Crippen LogP) is 1.30. The number of aromatic hydroxyl groups is 1. The molecule has 1 aliphatic heterocycles. The van der Waals surface area contributed by atoms with Gasteiger partial charge in [-0.3, -0.25) is 4.79 Å². The van der Waals surface area contributed by atoms with Gasteiger partial charge in [0.15, 0.2) is 0 Å². The van der Waals surface area contributed by atoms with E-state index in [-0.39, 0.29) is 17.8 Å². The highest BCUT2D eigenvalue weighted by Gasteiger charge is 2.17. The summed E-state index contributed by atoms with van der Waals surface area (Å²) in [4.78, 5) is 15.7. The van der Waals surface area contributed by atoms with Gasteiger partial charge in [-0.2, -0.15) is 0 Å². The lowest BCUT2D eigenvalue weighted by atomic mass is 10.2. The van der Waals surface area contributed by atoms with E-state index >= 15 is 0 Å². The monoisotopic (exact) mass is 348 g/mol. The summed E-state index contributed by atoms with van der Waals surface area (Å²) in [6.07, 6.45) is 3.60. The Hall–Kier alpha value is -0.890. The maximum atomic E-state index is 11.7. The molecule has 1 aromatic heterocycles. The van der Waals surface area contributed by atoms with Crippen LogP contribution in [0, 0.1) is 3.70 Å². The first kappa shape index (κ1) is 12.6. The van der Waals surface area contributed by atoms with Crippen LogP contribution >= 0.6 is 22.6 Å². The zero-order chi connectivity index (χ0) is 12.3. The largest absolute Gasteiger partial charge is 0.505 e. The molecule has 1 atom stereocenters. The van der Waals surface area contributed by atoms with E-state index in [4.69, 9.17) is 4.74 Å². The molecule has 1 aliphatic rings. The first-order valence-corrected chi connectivity index (χ1v) is 6.49. The van der Waals surface area contributed by atoms with Crippen LogP contribution in [0.2, 0.25) is 0 Å². The second-order valence-corrected chi connectivity index (χ2v) is 4.90. The van der Waals surface area contributed by atoms with E-state index in [9.17, 15) is 9.90 Å². The van der Waals surface area contributed by atoms with E-state index in [1.165, 1.54) is 12.3 Å². The SMILES string of the molecule is O=C(NCC1CCCO1)c1cnc(I)c(O)c1. The lowest BCUT2D eigenvalue weighted by Crippen LogP contribution is -2.31. The Morgan fingerprint density at radius 3 is 3.18 bits per heavy atom. The molecule has 1 fully saturated rings. The Balaban J connectivity index is 1.92. The van der Waals surface area contributed by atoms with Crippen molar-refractivity contribution in [3.8, 4) is 5.75 Å². The molecule has 0 spiro atoms. The average molecular weight is 348 g/mol. The fourth-order valence-electron chi connectivity index (χ4n) is 1.67. The molecule has 6 heteroatoms. The van der Waals surface area contributed by atoms with Gasteiger partial charge >= 0.3 is 0 Å². The fraction of sp³-hybridized carbons (Fsp3) is 0.455. The van der Waals surface area contributed by atoms with E-state index in [0.29, 0.717) is 15.8 Å². The van der Waals surface area contributed by atoms with Gasteiger partial charge in [-0.05, 0) is 41.5 Å². The minimum atomic E-state index is -0.236. The number of ether oxygens (including phenoxy) is 1. The van der Waals surface area contributed by atoms with Crippen molar-refractivity contribution in [3.63, 3.8) is 0 Å². The molecule has 92 valence electrons. The molecule has 0 aromatic carbocycles. The average Bonchev–Trinajstić information content (AvgIpc) is 2.82. The van der Waals surface area contributed by atoms with E-state index in [1.54, 1.807) is 0 Å². The molecule has 1 aromatic rings. The molecule has 0 saturated carbocycles. The first-order chi connectivity index (χ1) is 8.16. The summed E-state index contributed by atoms with van der Waals surface area (Å²) >= 11 is 1.90. The summed E-state index contributed by atoms with van der Waals surface area (Å²) in [5.74, 6) is -0.213. The zero-order valence-electron chi connectivity index (χ0n) is 9.15. The third-order valence-corrected chi connectivity index (χ3v) is 3.43. The molecule has 5 nitrogen and oxygen atoms in total. The summed E-state index contributed by atoms with van der Waals surface area (Å²) < 4.78 is 5.89. The van der Waals surface area contributed by atoms with Crippen molar-refractivity contribution in [2.75, 3.05) is 13.2 Å². The normalized spacial score (nSPS) is 19.2. The van der Waals surface area contributed by atoms with Gasteiger partial charge in [0.05, 0.1) is 11.7 Å². The Bertz CT molecular complexity index is 419. The molecule has 17 heavy (non-hydrogen) atoms. The van der Waals surface area contributed by atoms with Crippen molar-refractivity contribution < 1.29 is 14.6 Å². The number of nitrogens with one attached hydrogen (secondary N) is 1. The highest BCUT2D eigenvalue weighted by Crippen LogP contribution is 2.17. The van der Waals surface area contributed by atoms with Crippen LogP contribution in [0.3, 0.4) is 0 Å². The third-order valence-electron chi connectivity index (χ3n) is 2.60. The smallest absolute Gasteiger partial charge is 0.253 e. The predicted molar refractivity (Wildman–Crippen MR) is 69.9 cm³/mol. The van der Waals surface area contributed by atoms with Gasteiger partial charge < -0.3 is 15.2 Å². The van der Waals surface area contributed by atoms with Crippen molar-refractivity contribution in [3.05, 3.63) is 21.5 Å². The number of carbonyl (C=O) groups excluding carboxylic acids is 1. The number of carbonyl (C=O) groups is 1.